The van der Waals surface area contributed by atoms with Crippen LogP contribution < -0.4 is 5.46 Å². The Morgan fingerprint density at radius 1 is 1.18 bits per heavy atom. The van der Waals surface area contributed by atoms with Gasteiger partial charge in [0.1, 0.15) is 5.75 Å². The minimum atomic E-state index is -0.671. The monoisotopic (exact) mass is 255 g/mol. The van der Waals surface area contributed by atoms with Crippen molar-refractivity contribution in [1.82, 2.24) is 4.98 Å². The lowest BCUT2D eigenvalue weighted by Gasteiger charge is -2.32. The predicted molar refractivity (Wildman–Crippen MR) is 66.6 cm³/mol. The molecule has 1 aliphatic heterocycles. The first-order valence-corrected chi connectivity index (χ1v) is 5.80. The third-order valence-electron chi connectivity index (χ3n) is 3.41. The van der Waals surface area contributed by atoms with Crippen LogP contribution >= 0.6 is 11.6 Å². The Morgan fingerprint density at radius 2 is 1.71 bits per heavy atom. The van der Waals surface area contributed by atoms with E-state index in [1.165, 1.54) is 12.4 Å². The first-order chi connectivity index (χ1) is 7.74. The number of hydrogen-bond acceptors (Lipinski definition) is 4. The Kier molecular flexibility index (Phi) is 2.88. The fraction of sp³-hybridized carbons (Fsp3) is 0.545. The molecule has 1 fully saturated rings. The molecule has 6 heteroatoms. The van der Waals surface area contributed by atoms with Crippen molar-refractivity contribution in [2.24, 2.45) is 0 Å². The maximum absolute atomic E-state index is 9.79. The molecule has 0 spiro atoms. The largest absolute Gasteiger partial charge is 0.507 e. The molecule has 2 rings (SSSR count). The van der Waals surface area contributed by atoms with Crippen LogP contribution in [-0.2, 0) is 9.31 Å². The van der Waals surface area contributed by atoms with Crippen LogP contribution in [-0.4, -0.2) is 28.4 Å². The normalized spacial score (nSPS) is 21.8. The first-order valence-electron chi connectivity index (χ1n) is 5.42. The Morgan fingerprint density at radius 3 is 2.18 bits per heavy atom. The maximum Gasteiger partial charge on any atom is 0.500 e. The Labute approximate surface area is 106 Å². The van der Waals surface area contributed by atoms with Gasteiger partial charge in [0, 0.05) is 11.7 Å². The lowest BCUT2D eigenvalue weighted by atomic mass is 9.79. The van der Waals surface area contributed by atoms with Crippen LogP contribution in [0.25, 0.3) is 0 Å². The zero-order valence-corrected chi connectivity index (χ0v) is 11.1. The Hall–Kier alpha value is -0.775. The van der Waals surface area contributed by atoms with E-state index < -0.39 is 18.3 Å². The van der Waals surface area contributed by atoms with Gasteiger partial charge in [-0.15, -0.1) is 0 Å². The Bertz CT molecular complexity index is 414. The van der Waals surface area contributed by atoms with Crippen molar-refractivity contribution >= 4 is 24.2 Å². The second kappa shape index (κ2) is 3.87. The van der Waals surface area contributed by atoms with E-state index in [1.54, 1.807) is 0 Å². The van der Waals surface area contributed by atoms with E-state index >= 15 is 0 Å². The van der Waals surface area contributed by atoms with Gasteiger partial charge in [-0.1, -0.05) is 11.6 Å². The molecule has 1 aromatic heterocycles. The fourth-order valence-electron chi connectivity index (χ4n) is 1.63. The van der Waals surface area contributed by atoms with Crippen LogP contribution in [0, 0.1) is 0 Å². The van der Waals surface area contributed by atoms with Gasteiger partial charge in [0.05, 0.1) is 22.4 Å². The second-order valence-electron chi connectivity index (χ2n) is 5.14. The van der Waals surface area contributed by atoms with Crippen molar-refractivity contribution in [2.75, 3.05) is 0 Å². The SMILES string of the molecule is CC1(C)OB(c2c(O)cncc2Cl)OC1(C)C. The third kappa shape index (κ3) is 2.03. The van der Waals surface area contributed by atoms with Crippen LogP contribution in [0.4, 0.5) is 0 Å². The van der Waals surface area contributed by atoms with Gasteiger partial charge in [-0.3, -0.25) is 4.98 Å². The van der Waals surface area contributed by atoms with Crippen molar-refractivity contribution in [3.8, 4) is 5.75 Å². The number of pyridine rings is 1. The molecule has 0 amide bonds. The molecule has 0 aromatic carbocycles. The highest BCUT2D eigenvalue weighted by atomic mass is 35.5. The highest BCUT2D eigenvalue weighted by Gasteiger charge is 2.53. The highest BCUT2D eigenvalue weighted by Crippen LogP contribution is 2.37. The molecular formula is C11H15BClNO3. The molecule has 0 saturated carbocycles. The molecule has 92 valence electrons. The number of hydrogen-bond donors (Lipinski definition) is 1. The van der Waals surface area contributed by atoms with Gasteiger partial charge < -0.3 is 14.4 Å². The van der Waals surface area contributed by atoms with Crippen molar-refractivity contribution in [3.05, 3.63) is 17.4 Å². The molecule has 17 heavy (non-hydrogen) atoms. The van der Waals surface area contributed by atoms with E-state index in [9.17, 15) is 5.11 Å². The van der Waals surface area contributed by atoms with Crippen LogP contribution in [0.2, 0.25) is 5.02 Å². The van der Waals surface area contributed by atoms with Crippen molar-refractivity contribution < 1.29 is 14.4 Å². The number of nitrogens with zero attached hydrogens (tertiary/aromatic N) is 1. The number of rotatable bonds is 1. The molecule has 1 aromatic rings. The number of aromatic hydroxyl groups is 1. The van der Waals surface area contributed by atoms with Gasteiger partial charge >= 0.3 is 7.12 Å². The summed E-state index contributed by atoms with van der Waals surface area (Å²) in [4.78, 5) is 3.80. The molecular weight excluding hydrogens is 240 g/mol. The maximum atomic E-state index is 9.79. The summed E-state index contributed by atoms with van der Waals surface area (Å²) in [5, 5.41) is 10.1. The summed E-state index contributed by atoms with van der Waals surface area (Å²) in [6.07, 6.45) is 2.79. The zero-order chi connectivity index (χ0) is 12.8. The van der Waals surface area contributed by atoms with Gasteiger partial charge in [-0.05, 0) is 27.7 Å². The standard InChI is InChI=1S/C11H15BClNO3/c1-10(2)11(3,4)17-12(16-10)9-7(13)5-14-6-8(9)15/h5-6,15H,1-4H3. The lowest BCUT2D eigenvalue weighted by Crippen LogP contribution is -2.41. The first kappa shape index (κ1) is 12.7. The van der Waals surface area contributed by atoms with Gasteiger partial charge in [-0.25, -0.2) is 0 Å². The van der Waals surface area contributed by atoms with Gasteiger partial charge in [-0.2, -0.15) is 0 Å². The fourth-order valence-corrected chi connectivity index (χ4v) is 1.87. The molecule has 1 saturated heterocycles. The van der Waals surface area contributed by atoms with Crippen LogP contribution in [0.5, 0.6) is 5.75 Å². The van der Waals surface area contributed by atoms with Gasteiger partial charge in [0.15, 0.2) is 0 Å². The van der Waals surface area contributed by atoms with Gasteiger partial charge in [0.2, 0.25) is 0 Å². The molecule has 1 N–H and O–H groups in total. The quantitative estimate of drug-likeness (QED) is 0.777. The summed E-state index contributed by atoms with van der Waals surface area (Å²) in [5.41, 5.74) is -0.492. The number of halogens is 1. The summed E-state index contributed by atoms with van der Waals surface area (Å²) in [6.45, 7) is 7.77. The summed E-state index contributed by atoms with van der Waals surface area (Å²) in [5.74, 6) is -0.0176. The molecule has 0 unspecified atom stereocenters. The van der Waals surface area contributed by atoms with Crippen LogP contribution in [0.1, 0.15) is 27.7 Å². The summed E-state index contributed by atoms with van der Waals surface area (Å²) < 4.78 is 11.6. The summed E-state index contributed by atoms with van der Waals surface area (Å²) in [7, 11) is -0.671. The van der Waals surface area contributed by atoms with E-state index in [-0.39, 0.29) is 5.75 Å². The molecule has 0 bridgehead atoms. The average Bonchev–Trinajstić information content (AvgIpc) is 2.35. The van der Waals surface area contributed by atoms with E-state index in [1.807, 2.05) is 27.7 Å². The molecule has 0 radical (unpaired) electrons. The summed E-state index contributed by atoms with van der Waals surface area (Å²) >= 11 is 6.01. The highest BCUT2D eigenvalue weighted by molar-refractivity contribution is 6.66. The Balaban J connectivity index is 2.39. The lowest BCUT2D eigenvalue weighted by molar-refractivity contribution is 0.00578. The van der Waals surface area contributed by atoms with Crippen molar-refractivity contribution in [3.63, 3.8) is 0 Å². The van der Waals surface area contributed by atoms with Crippen LogP contribution in [0.15, 0.2) is 12.4 Å². The second-order valence-corrected chi connectivity index (χ2v) is 5.55. The van der Waals surface area contributed by atoms with E-state index in [0.717, 1.165) is 0 Å². The van der Waals surface area contributed by atoms with E-state index in [0.29, 0.717) is 10.5 Å². The third-order valence-corrected chi connectivity index (χ3v) is 3.71. The minimum Gasteiger partial charge on any atom is -0.507 e. The summed E-state index contributed by atoms with van der Waals surface area (Å²) in [6, 6.07) is 0. The average molecular weight is 256 g/mol. The zero-order valence-electron chi connectivity index (χ0n) is 10.3. The van der Waals surface area contributed by atoms with E-state index in [4.69, 9.17) is 20.9 Å². The smallest absolute Gasteiger partial charge is 0.500 e. The van der Waals surface area contributed by atoms with Crippen molar-refractivity contribution in [2.45, 2.75) is 38.9 Å². The topological polar surface area (TPSA) is 51.6 Å². The minimum absolute atomic E-state index is 0.0176. The molecule has 4 nitrogen and oxygen atoms in total. The molecule has 0 atom stereocenters. The molecule has 2 heterocycles. The molecule has 1 aliphatic rings. The van der Waals surface area contributed by atoms with Crippen LogP contribution in [0.3, 0.4) is 0 Å². The van der Waals surface area contributed by atoms with Crippen molar-refractivity contribution in [1.29, 1.82) is 0 Å². The van der Waals surface area contributed by atoms with Gasteiger partial charge in [0.25, 0.3) is 0 Å². The number of aromatic nitrogens is 1. The molecule has 0 aliphatic carbocycles. The predicted octanol–water partition coefficient (Wildman–Crippen LogP) is 1.74. The van der Waals surface area contributed by atoms with E-state index in [2.05, 4.69) is 4.98 Å².